The molecule has 0 aliphatic heterocycles. The van der Waals surface area contributed by atoms with Gasteiger partial charge >= 0.3 is 0 Å². The predicted molar refractivity (Wildman–Crippen MR) is 81.9 cm³/mol. The Balaban J connectivity index is 2.55. The minimum absolute atomic E-state index is 0.570. The van der Waals surface area contributed by atoms with Crippen molar-refractivity contribution < 1.29 is 0 Å². The van der Waals surface area contributed by atoms with Crippen molar-refractivity contribution in [2.45, 2.75) is 40.0 Å². The van der Waals surface area contributed by atoms with E-state index in [1.807, 2.05) is 0 Å². The van der Waals surface area contributed by atoms with Crippen LogP contribution in [0.2, 0.25) is 5.15 Å². The first kappa shape index (κ1) is 16.2. The molecule has 0 fully saturated rings. The molecule has 0 saturated heterocycles. The normalized spacial score (nSPS) is 11.0. The summed E-state index contributed by atoms with van der Waals surface area (Å²) in [5.74, 6) is 0.884. The van der Waals surface area contributed by atoms with Crippen LogP contribution in [0, 0.1) is 0 Å². The highest BCUT2D eigenvalue weighted by atomic mass is 35.5. The molecule has 0 unspecified atom stereocenters. The monoisotopic (exact) mass is 284 g/mol. The van der Waals surface area contributed by atoms with Crippen LogP contribution < -0.4 is 5.32 Å². The zero-order chi connectivity index (χ0) is 14.1. The zero-order valence-corrected chi connectivity index (χ0v) is 13.0. The maximum Gasteiger partial charge on any atom is 0.137 e. The Labute approximate surface area is 121 Å². The number of anilines is 1. The van der Waals surface area contributed by atoms with Crippen LogP contribution in [0.3, 0.4) is 0 Å². The van der Waals surface area contributed by atoms with Gasteiger partial charge in [0.1, 0.15) is 17.3 Å². The Morgan fingerprint density at radius 2 is 1.95 bits per heavy atom. The van der Waals surface area contributed by atoms with Crippen molar-refractivity contribution in [3.63, 3.8) is 0 Å². The average Bonchev–Trinajstić information content (AvgIpc) is 2.41. The van der Waals surface area contributed by atoms with Crippen LogP contribution in [0.5, 0.6) is 0 Å². The van der Waals surface area contributed by atoms with Gasteiger partial charge in [-0.25, -0.2) is 9.97 Å². The molecule has 5 heteroatoms. The van der Waals surface area contributed by atoms with Crippen molar-refractivity contribution in [3.8, 4) is 0 Å². The second-order valence-corrected chi connectivity index (χ2v) is 4.96. The number of likely N-dealkylation sites (N-methyl/N-ethyl adjacent to an activating group) is 1. The first-order chi connectivity index (χ1) is 9.22. The highest BCUT2D eigenvalue weighted by Crippen LogP contribution is 2.21. The van der Waals surface area contributed by atoms with E-state index < -0.39 is 0 Å². The SMILES string of the molecule is CCCc1c(Cl)ncnc1NCCN(CC)CCC. The third-order valence-electron chi connectivity index (χ3n) is 3.10. The molecule has 0 amide bonds. The lowest BCUT2D eigenvalue weighted by Gasteiger charge is -2.20. The van der Waals surface area contributed by atoms with E-state index in [1.165, 1.54) is 12.7 Å². The van der Waals surface area contributed by atoms with Gasteiger partial charge in [0, 0.05) is 18.7 Å². The number of aromatic nitrogens is 2. The van der Waals surface area contributed by atoms with E-state index >= 15 is 0 Å². The van der Waals surface area contributed by atoms with E-state index in [1.54, 1.807) is 0 Å². The van der Waals surface area contributed by atoms with Crippen LogP contribution in [-0.2, 0) is 6.42 Å². The fraction of sp³-hybridized carbons (Fsp3) is 0.714. The van der Waals surface area contributed by atoms with Crippen LogP contribution in [0.4, 0.5) is 5.82 Å². The Hall–Kier alpha value is -0.870. The first-order valence-corrected chi connectivity index (χ1v) is 7.56. The number of hydrogen-bond donors (Lipinski definition) is 1. The zero-order valence-electron chi connectivity index (χ0n) is 12.2. The van der Waals surface area contributed by atoms with E-state index in [0.29, 0.717) is 5.15 Å². The van der Waals surface area contributed by atoms with E-state index in [2.05, 4.69) is 41.0 Å². The van der Waals surface area contributed by atoms with Crippen molar-refractivity contribution >= 4 is 17.4 Å². The smallest absolute Gasteiger partial charge is 0.137 e. The Morgan fingerprint density at radius 1 is 1.16 bits per heavy atom. The first-order valence-electron chi connectivity index (χ1n) is 7.18. The number of hydrogen-bond acceptors (Lipinski definition) is 4. The molecule has 4 nitrogen and oxygen atoms in total. The quantitative estimate of drug-likeness (QED) is 0.707. The standard InChI is InChI=1S/C14H25ClN4/c1-4-7-12-13(15)17-11-18-14(12)16-8-10-19(6-3)9-5-2/h11H,4-10H2,1-3H3,(H,16,17,18). The van der Waals surface area contributed by atoms with Crippen molar-refractivity contribution in [3.05, 3.63) is 17.0 Å². The third-order valence-corrected chi connectivity index (χ3v) is 3.43. The molecule has 1 aromatic rings. The van der Waals surface area contributed by atoms with Gasteiger partial charge < -0.3 is 10.2 Å². The second-order valence-electron chi connectivity index (χ2n) is 4.60. The molecule has 108 valence electrons. The highest BCUT2D eigenvalue weighted by molar-refractivity contribution is 6.30. The summed E-state index contributed by atoms with van der Waals surface area (Å²) in [5.41, 5.74) is 1.03. The fourth-order valence-electron chi connectivity index (χ4n) is 2.09. The van der Waals surface area contributed by atoms with Gasteiger partial charge in [0.05, 0.1) is 0 Å². The Morgan fingerprint density at radius 3 is 2.58 bits per heavy atom. The van der Waals surface area contributed by atoms with Gasteiger partial charge in [-0.2, -0.15) is 0 Å². The lowest BCUT2D eigenvalue weighted by molar-refractivity contribution is 0.300. The van der Waals surface area contributed by atoms with Crippen molar-refractivity contribution in [2.75, 3.05) is 31.5 Å². The fourth-order valence-corrected chi connectivity index (χ4v) is 2.32. The van der Waals surface area contributed by atoms with Crippen molar-refractivity contribution in [2.24, 2.45) is 0 Å². The van der Waals surface area contributed by atoms with Crippen molar-refractivity contribution in [1.29, 1.82) is 0 Å². The molecule has 1 aromatic heterocycles. The molecule has 0 bridgehead atoms. The summed E-state index contributed by atoms with van der Waals surface area (Å²) in [6.07, 6.45) is 4.66. The second kappa shape index (κ2) is 9.10. The van der Waals surface area contributed by atoms with Gasteiger partial charge in [0.15, 0.2) is 0 Å². The summed E-state index contributed by atoms with van der Waals surface area (Å²) in [4.78, 5) is 10.8. The van der Waals surface area contributed by atoms with Gasteiger partial charge in [-0.1, -0.05) is 38.8 Å². The molecule has 19 heavy (non-hydrogen) atoms. The highest BCUT2D eigenvalue weighted by Gasteiger charge is 2.09. The van der Waals surface area contributed by atoms with Crippen LogP contribution in [-0.4, -0.2) is 41.0 Å². The molecule has 1 N–H and O–H groups in total. The minimum atomic E-state index is 0.570. The molecule has 0 aromatic carbocycles. The third kappa shape index (κ3) is 5.33. The molecular formula is C14H25ClN4. The van der Waals surface area contributed by atoms with Crippen LogP contribution in [0.25, 0.3) is 0 Å². The van der Waals surface area contributed by atoms with E-state index in [9.17, 15) is 0 Å². The molecule has 0 aliphatic rings. The van der Waals surface area contributed by atoms with E-state index in [0.717, 1.165) is 50.4 Å². The molecule has 0 atom stereocenters. The molecular weight excluding hydrogens is 260 g/mol. The molecule has 1 heterocycles. The molecule has 0 saturated carbocycles. The van der Waals surface area contributed by atoms with Gasteiger partial charge in [0.2, 0.25) is 0 Å². The Bertz CT molecular complexity index is 370. The molecule has 0 aliphatic carbocycles. The van der Waals surface area contributed by atoms with Gasteiger partial charge in [0.25, 0.3) is 0 Å². The molecule has 0 radical (unpaired) electrons. The van der Waals surface area contributed by atoms with Gasteiger partial charge in [-0.15, -0.1) is 0 Å². The number of rotatable bonds is 9. The summed E-state index contributed by atoms with van der Waals surface area (Å²) >= 11 is 6.13. The van der Waals surface area contributed by atoms with E-state index in [-0.39, 0.29) is 0 Å². The summed E-state index contributed by atoms with van der Waals surface area (Å²) in [6, 6.07) is 0. The number of halogens is 1. The van der Waals surface area contributed by atoms with Crippen molar-refractivity contribution in [1.82, 2.24) is 14.9 Å². The summed E-state index contributed by atoms with van der Waals surface area (Å²) in [7, 11) is 0. The van der Waals surface area contributed by atoms with Gasteiger partial charge in [-0.05, 0) is 25.9 Å². The lowest BCUT2D eigenvalue weighted by atomic mass is 10.2. The van der Waals surface area contributed by atoms with Crippen LogP contribution in [0.15, 0.2) is 6.33 Å². The average molecular weight is 285 g/mol. The van der Waals surface area contributed by atoms with Crippen LogP contribution in [0.1, 0.15) is 39.2 Å². The maximum atomic E-state index is 6.13. The summed E-state index contributed by atoms with van der Waals surface area (Å²) in [5, 5.41) is 3.95. The summed E-state index contributed by atoms with van der Waals surface area (Å²) in [6.45, 7) is 10.7. The van der Waals surface area contributed by atoms with Crippen LogP contribution >= 0.6 is 11.6 Å². The van der Waals surface area contributed by atoms with E-state index in [4.69, 9.17) is 11.6 Å². The van der Waals surface area contributed by atoms with Gasteiger partial charge in [-0.3, -0.25) is 0 Å². The Kier molecular flexibility index (Phi) is 7.75. The lowest BCUT2D eigenvalue weighted by Crippen LogP contribution is -2.30. The largest absolute Gasteiger partial charge is 0.368 e. The number of nitrogens with one attached hydrogen (secondary N) is 1. The topological polar surface area (TPSA) is 41.1 Å². The maximum absolute atomic E-state index is 6.13. The molecule has 0 spiro atoms. The summed E-state index contributed by atoms with van der Waals surface area (Å²) < 4.78 is 0. The predicted octanol–water partition coefficient (Wildman–Crippen LogP) is 3.23. The minimum Gasteiger partial charge on any atom is -0.368 e. The number of nitrogens with zero attached hydrogens (tertiary/aromatic N) is 3. The molecule has 1 rings (SSSR count).